The van der Waals surface area contributed by atoms with Crippen molar-refractivity contribution in [2.45, 2.75) is 0 Å². The lowest BCUT2D eigenvalue weighted by Gasteiger charge is -2.07. The Morgan fingerprint density at radius 3 is 2.75 bits per heavy atom. The molecule has 0 aliphatic heterocycles. The van der Waals surface area contributed by atoms with Gasteiger partial charge in [-0.3, -0.25) is 4.68 Å². The Kier molecular flexibility index (Phi) is 6.34. The van der Waals surface area contributed by atoms with Gasteiger partial charge in [-0.15, -0.1) is 24.0 Å². The molecule has 0 radical (unpaired) electrons. The van der Waals surface area contributed by atoms with E-state index in [0.717, 1.165) is 22.6 Å². The number of aromatic nitrogens is 2. The van der Waals surface area contributed by atoms with E-state index in [1.54, 1.807) is 18.0 Å². The summed E-state index contributed by atoms with van der Waals surface area (Å²) in [5, 5.41) is 4.69. The van der Waals surface area contributed by atoms with Crippen LogP contribution in [-0.4, -0.2) is 28.3 Å². The van der Waals surface area contributed by atoms with Crippen molar-refractivity contribution < 1.29 is 4.74 Å². The van der Waals surface area contributed by atoms with Gasteiger partial charge in [0, 0.05) is 30.4 Å². The molecule has 108 valence electrons. The Bertz CT molecular complexity index is 612. The van der Waals surface area contributed by atoms with E-state index in [1.165, 1.54) is 11.8 Å². The topological polar surface area (TPSA) is 65.4 Å². The molecule has 0 aliphatic carbocycles. The Hall–Kier alpha value is -1.22. The van der Waals surface area contributed by atoms with E-state index in [9.17, 15) is 0 Å². The van der Waals surface area contributed by atoms with Crippen LogP contribution in [0.1, 0.15) is 0 Å². The van der Waals surface area contributed by atoms with Crippen molar-refractivity contribution in [1.29, 1.82) is 0 Å². The van der Waals surface area contributed by atoms with E-state index >= 15 is 0 Å². The summed E-state index contributed by atoms with van der Waals surface area (Å²) in [7, 11) is 3.52. The number of aliphatic imine (C=N–C) groups is 1. The zero-order valence-electron chi connectivity index (χ0n) is 11.5. The number of nitrogens with zero attached hydrogens (tertiary/aromatic N) is 3. The fraction of sp³-hybridized carbons (Fsp3) is 0.231. The number of ether oxygens (including phenoxy) is 1. The zero-order chi connectivity index (χ0) is 13.8. The molecule has 20 heavy (non-hydrogen) atoms. The summed E-state index contributed by atoms with van der Waals surface area (Å²) < 4.78 is 7.17. The molecule has 0 amide bonds. The zero-order valence-corrected chi connectivity index (χ0v) is 14.7. The second-order valence-electron chi connectivity index (χ2n) is 3.94. The van der Waals surface area contributed by atoms with Gasteiger partial charge in [-0.25, -0.2) is 4.99 Å². The SMILES string of the molecule is COc1cc(N=C(N)SC)ccc1-c1cnn(C)c1.I. The number of halogens is 1. The lowest BCUT2D eigenvalue weighted by molar-refractivity contribution is 0.416. The van der Waals surface area contributed by atoms with Crippen LogP contribution in [0, 0.1) is 0 Å². The third-order valence-electron chi connectivity index (χ3n) is 2.65. The number of thioether (sulfide) groups is 1. The van der Waals surface area contributed by atoms with Gasteiger partial charge in [-0.1, -0.05) is 11.8 Å². The number of benzene rings is 1. The molecular weight excluding hydrogens is 387 g/mol. The smallest absolute Gasteiger partial charge is 0.158 e. The Balaban J connectivity index is 0.00000200. The molecule has 1 aromatic carbocycles. The largest absolute Gasteiger partial charge is 0.496 e. The van der Waals surface area contributed by atoms with Crippen LogP contribution in [0.4, 0.5) is 5.69 Å². The standard InChI is InChI=1S/C13H16N4OS.HI/c1-17-8-9(7-15-17)11-5-4-10(6-12(11)18-2)16-13(14)19-3;/h4-8H,1-3H3,(H2,14,16);1H. The van der Waals surface area contributed by atoms with Gasteiger partial charge in [0.25, 0.3) is 0 Å². The van der Waals surface area contributed by atoms with E-state index in [4.69, 9.17) is 10.5 Å². The van der Waals surface area contributed by atoms with Crippen molar-refractivity contribution in [3.05, 3.63) is 30.6 Å². The maximum absolute atomic E-state index is 5.71. The number of aryl methyl sites for hydroxylation is 1. The maximum Gasteiger partial charge on any atom is 0.158 e. The van der Waals surface area contributed by atoms with Crippen LogP contribution in [0.15, 0.2) is 35.6 Å². The van der Waals surface area contributed by atoms with Crippen molar-refractivity contribution in [2.75, 3.05) is 13.4 Å². The molecule has 5 nitrogen and oxygen atoms in total. The first-order valence-electron chi connectivity index (χ1n) is 5.69. The Labute approximate surface area is 139 Å². The lowest BCUT2D eigenvalue weighted by atomic mass is 10.1. The van der Waals surface area contributed by atoms with Gasteiger partial charge in [0.1, 0.15) is 5.75 Å². The average Bonchev–Trinajstić information content (AvgIpc) is 2.84. The summed E-state index contributed by atoms with van der Waals surface area (Å²) in [6.07, 6.45) is 5.63. The van der Waals surface area contributed by atoms with Crippen LogP contribution in [0.5, 0.6) is 5.75 Å². The van der Waals surface area contributed by atoms with Crippen LogP contribution >= 0.6 is 35.7 Å². The molecule has 7 heteroatoms. The summed E-state index contributed by atoms with van der Waals surface area (Å²) in [4.78, 5) is 4.28. The molecule has 0 spiro atoms. The van der Waals surface area contributed by atoms with E-state index in [-0.39, 0.29) is 24.0 Å². The molecule has 0 unspecified atom stereocenters. The highest BCUT2D eigenvalue weighted by Crippen LogP contribution is 2.33. The highest BCUT2D eigenvalue weighted by atomic mass is 127. The third-order valence-corrected chi connectivity index (χ3v) is 3.16. The van der Waals surface area contributed by atoms with Crippen LogP contribution in [0.3, 0.4) is 0 Å². The first-order chi connectivity index (χ1) is 9.13. The van der Waals surface area contributed by atoms with E-state index in [2.05, 4.69) is 10.1 Å². The van der Waals surface area contributed by atoms with Gasteiger partial charge in [-0.2, -0.15) is 5.10 Å². The third kappa shape index (κ3) is 3.89. The van der Waals surface area contributed by atoms with E-state index in [0.29, 0.717) is 5.17 Å². The van der Waals surface area contributed by atoms with Crippen molar-refractivity contribution in [2.24, 2.45) is 17.8 Å². The van der Waals surface area contributed by atoms with Crippen LogP contribution in [0.2, 0.25) is 0 Å². The van der Waals surface area contributed by atoms with E-state index < -0.39 is 0 Å². The summed E-state index contributed by atoms with van der Waals surface area (Å²) in [5.41, 5.74) is 8.47. The normalized spacial score (nSPS) is 11.1. The van der Waals surface area contributed by atoms with Crippen molar-refractivity contribution in [3.63, 3.8) is 0 Å². The van der Waals surface area contributed by atoms with Gasteiger partial charge in [0.15, 0.2) is 5.17 Å². The first kappa shape index (κ1) is 16.8. The summed E-state index contributed by atoms with van der Waals surface area (Å²) >= 11 is 1.41. The van der Waals surface area contributed by atoms with Crippen LogP contribution in [0.25, 0.3) is 11.1 Å². The van der Waals surface area contributed by atoms with Gasteiger partial charge in [0.2, 0.25) is 0 Å². The fourth-order valence-electron chi connectivity index (χ4n) is 1.72. The van der Waals surface area contributed by atoms with Crippen LogP contribution < -0.4 is 10.5 Å². The number of amidine groups is 1. The summed E-state index contributed by atoms with van der Waals surface area (Å²) in [6, 6.07) is 5.74. The fourth-order valence-corrected chi connectivity index (χ4v) is 1.92. The minimum Gasteiger partial charge on any atom is -0.496 e. The first-order valence-corrected chi connectivity index (χ1v) is 6.91. The number of hydrogen-bond donors (Lipinski definition) is 1. The highest BCUT2D eigenvalue weighted by Gasteiger charge is 2.08. The van der Waals surface area contributed by atoms with Crippen molar-refractivity contribution in [3.8, 4) is 16.9 Å². The van der Waals surface area contributed by atoms with Gasteiger partial charge in [-0.05, 0) is 18.4 Å². The quantitative estimate of drug-likeness (QED) is 0.485. The maximum atomic E-state index is 5.71. The molecule has 0 saturated heterocycles. The van der Waals surface area contributed by atoms with E-state index in [1.807, 2.05) is 37.7 Å². The van der Waals surface area contributed by atoms with Crippen molar-refractivity contribution in [1.82, 2.24) is 9.78 Å². The molecule has 0 saturated carbocycles. The molecule has 0 fully saturated rings. The Morgan fingerprint density at radius 2 is 2.20 bits per heavy atom. The summed E-state index contributed by atoms with van der Waals surface area (Å²) in [5.74, 6) is 0.753. The summed E-state index contributed by atoms with van der Waals surface area (Å²) in [6.45, 7) is 0. The second-order valence-corrected chi connectivity index (χ2v) is 4.77. The minimum absolute atomic E-state index is 0. The number of nitrogens with two attached hydrogens (primary N) is 1. The predicted octanol–water partition coefficient (Wildman–Crippen LogP) is 3.02. The molecule has 2 rings (SSSR count). The monoisotopic (exact) mass is 404 g/mol. The predicted molar refractivity (Wildman–Crippen MR) is 95.4 cm³/mol. The second kappa shape index (κ2) is 7.53. The molecular formula is C13H17IN4OS. The van der Waals surface area contributed by atoms with Gasteiger partial charge in [0.05, 0.1) is 19.0 Å². The molecule has 0 atom stereocenters. The highest BCUT2D eigenvalue weighted by molar-refractivity contribution is 14.0. The molecule has 0 aliphatic rings. The Morgan fingerprint density at radius 1 is 1.45 bits per heavy atom. The number of rotatable bonds is 3. The minimum atomic E-state index is 0. The van der Waals surface area contributed by atoms with Crippen molar-refractivity contribution >= 4 is 46.6 Å². The molecule has 2 N–H and O–H groups in total. The van der Waals surface area contributed by atoms with Gasteiger partial charge < -0.3 is 10.5 Å². The molecule has 1 aromatic heterocycles. The molecule has 2 aromatic rings. The average molecular weight is 404 g/mol. The number of hydrogen-bond acceptors (Lipinski definition) is 4. The molecule has 1 heterocycles. The lowest BCUT2D eigenvalue weighted by Crippen LogP contribution is -2.04. The molecule has 0 bridgehead atoms. The number of methoxy groups -OCH3 is 1. The van der Waals surface area contributed by atoms with Gasteiger partial charge >= 0.3 is 0 Å². The van der Waals surface area contributed by atoms with Crippen LogP contribution in [-0.2, 0) is 7.05 Å².